The maximum Gasteiger partial charge on any atom is 0.270 e. The van der Waals surface area contributed by atoms with Crippen LogP contribution in [0.25, 0.3) is 6.08 Å². The van der Waals surface area contributed by atoms with Crippen LogP contribution in [0.5, 0.6) is 0 Å². The molecule has 2 fully saturated rings. The zero-order valence-electron chi connectivity index (χ0n) is 17.0. The van der Waals surface area contributed by atoms with E-state index in [2.05, 4.69) is 4.90 Å². The predicted octanol–water partition coefficient (Wildman–Crippen LogP) is 2.26. The zero-order chi connectivity index (χ0) is 21.3. The van der Waals surface area contributed by atoms with Crippen LogP contribution in [0, 0.1) is 24.2 Å². The summed E-state index contributed by atoms with van der Waals surface area (Å²) < 4.78 is 7.47. The molecule has 9 heteroatoms. The number of pyridine rings is 1. The highest BCUT2D eigenvalue weighted by Crippen LogP contribution is 2.36. The van der Waals surface area contributed by atoms with E-state index in [1.54, 1.807) is 24.9 Å². The Balaban J connectivity index is 2.16. The Hall–Kier alpha value is -2.15. The molecule has 0 N–H and O–H groups in total. The van der Waals surface area contributed by atoms with Crippen molar-refractivity contribution in [1.82, 2.24) is 9.47 Å². The highest BCUT2D eigenvalue weighted by Gasteiger charge is 2.33. The number of aromatic nitrogens is 1. The number of thioether (sulfide) groups is 1. The number of nitrogens with zero attached hydrogens (tertiary/aromatic N) is 4. The number of carbonyl (C=O) groups is 1. The molecule has 0 aromatic carbocycles. The van der Waals surface area contributed by atoms with E-state index in [1.807, 2.05) is 19.9 Å². The van der Waals surface area contributed by atoms with Crippen LogP contribution in [0.4, 0.5) is 5.82 Å². The minimum atomic E-state index is -0.337. The normalized spacial score (nSPS) is 18.8. The van der Waals surface area contributed by atoms with Gasteiger partial charge >= 0.3 is 0 Å². The summed E-state index contributed by atoms with van der Waals surface area (Å²) in [7, 11) is 1.66. The number of thiocarbonyl (C=S) groups is 1. The number of amides is 1. The second-order valence-corrected chi connectivity index (χ2v) is 9.17. The zero-order valence-corrected chi connectivity index (χ0v) is 18.7. The maximum absolute atomic E-state index is 12.9. The van der Waals surface area contributed by atoms with Gasteiger partial charge in [0.25, 0.3) is 11.5 Å². The van der Waals surface area contributed by atoms with Crippen molar-refractivity contribution < 1.29 is 9.53 Å². The number of carbonyl (C=O) groups excluding carboxylic acids is 1. The summed E-state index contributed by atoms with van der Waals surface area (Å²) in [4.78, 5) is 29.9. The molecule has 3 heterocycles. The van der Waals surface area contributed by atoms with Gasteiger partial charge in [-0.25, -0.2) is 0 Å². The van der Waals surface area contributed by atoms with Crippen LogP contribution < -0.4 is 10.5 Å². The first-order valence-electron chi connectivity index (χ1n) is 9.48. The number of ether oxygens (including phenoxy) is 1. The third kappa shape index (κ3) is 4.10. The quantitative estimate of drug-likeness (QED) is 0.533. The van der Waals surface area contributed by atoms with Crippen molar-refractivity contribution >= 4 is 46.1 Å². The van der Waals surface area contributed by atoms with E-state index in [0.29, 0.717) is 64.9 Å². The van der Waals surface area contributed by atoms with E-state index in [0.717, 1.165) is 0 Å². The summed E-state index contributed by atoms with van der Waals surface area (Å²) in [6.07, 6.45) is 1.78. The van der Waals surface area contributed by atoms with Crippen LogP contribution in [-0.4, -0.2) is 52.5 Å². The summed E-state index contributed by atoms with van der Waals surface area (Å²) in [6.45, 7) is 8.77. The van der Waals surface area contributed by atoms with Gasteiger partial charge in [0.2, 0.25) is 0 Å². The van der Waals surface area contributed by atoms with E-state index in [4.69, 9.17) is 17.0 Å². The molecular formula is C20H24N4O3S2. The van der Waals surface area contributed by atoms with Crippen molar-refractivity contribution in [3.63, 3.8) is 0 Å². The van der Waals surface area contributed by atoms with Gasteiger partial charge in [-0.05, 0) is 24.5 Å². The SMILES string of the molecule is Cc1c(/C=C2\SC(=S)N(CC(C)C)C2=O)c(N2CCOCC2)n(C)c(=O)c1C#N. The molecule has 0 saturated carbocycles. The Morgan fingerprint density at radius 2 is 1.97 bits per heavy atom. The molecular weight excluding hydrogens is 408 g/mol. The molecule has 2 aliphatic rings. The number of nitriles is 1. The fraction of sp³-hybridized carbons (Fsp3) is 0.500. The molecule has 2 saturated heterocycles. The summed E-state index contributed by atoms with van der Waals surface area (Å²) in [6, 6.07) is 2.02. The van der Waals surface area contributed by atoms with Crippen LogP contribution in [0.2, 0.25) is 0 Å². The molecule has 0 unspecified atom stereocenters. The fourth-order valence-electron chi connectivity index (χ4n) is 3.52. The van der Waals surface area contributed by atoms with Gasteiger partial charge in [0.05, 0.1) is 18.1 Å². The number of hydrogen-bond donors (Lipinski definition) is 0. The van der Waals surface area contributed by atoms with Gasteiger partial charge in [-0.15, -0.1) is 0 Å². The van der Waals surface area contributed by atoms with Crippen LogP contribution in [-0.2, 0) is 16.6 Å². The Morgan fingerprint density at radius 3 is 2.55 bits per heavy atom. The molecule has 0 spiro atoms. The average Bonchev–Trinajstić information content (AvgIpc) is 2.94. The maximum atomic E-state index is 12.9. The van der Waals surface area contributed by atoms with Gasteiger partial charge < -0.3 is 9.64 Å². The molecule has 3 rings (SSSR count). The molecule has 29 heavy (non-hydrogen) atoms. The van der Waals surface area contributed by atoms with Crippen LogP contribution >= 0.6 is 24.0 Å². The van der Waals surface area contributed by atoms with Crippen molar-refractivity contribution in [1.29, 1.82) is 5.26 Å². The number of rotatable bonds is 4. The average molecular weight is 433 g/mol. The van der Waals surface area contributed by atoms with Crippen LogP contribution in [0.3, 0.4) is 0 Å². The van der Waals surface area contributed by atoms with Gasteiger partial charge in [0, 0.05) is 32.2 Å². The molecule has 1 amide bonds. The van der Waals surface area contributed by atoms with Crippen molar-refractivity contribution in [2.45, 2.75) is 20.8 Å². The Bertz CT molecular complexity index is 985. The smallest absolute Gasteiger partial charge is 0.270 e. The molecule has 1 aromatic rings. The number of morpholine rings is 1. The van der Waals surface area contributed by atoms with E-state index >= 15 is 0 Å². The van der Waals surface area contributed by atoms with Gasteiger partial charge in [0.1, 0.15) is 21.8 Å². The first-order chi connectivity index (χ1) is 13.8. The van der Waals surface area contributed by atoms with Gasteiger partial charge in [0.15, 0.2) is 0 Å². The standard InChI is InChI=1S/C20H24N4O3S2/c1-12(2)11-24-19(26)16(29-20(24)28)9-14-13(3)15(10-21)18(25)22(4)17(14)23-5-7-27-8-6-23/h9,12H,5-8,11H2,1-4H3/b16-9-. The van der Waals surface area contributed by atoms with Gasteiger partial charge in [-0.2, -0.15) is 5.26 Å². The van der Waals surface area contributed by atoms with E-state index in [9.17, 15) is 14.9 Å². The third-order valence-electron chi connectivity index (χ3n) is 4.98. The third-order valence-corrected chi connectivity index (χ3v) is 6.35. The first kappa shape index (κ1) is 21.6. The minimum absolute atomic E-state index is 0.0911. The van der Waals surface area contributed by atoms with Crippen molar-refractivity contribution in [2.75, 3.05) is 37.7 Å². The highest BCUT2D eigenvalue weighted by atomic mass is 32.2. The Kier molecular flexibility index (Phi) is 6.46. The lowest BCUT2D eigenvalue weighted by Gasteiger charge is -2.32. The summed E-state index contributed by atoms with van der Waals surface area (Å²) >= 11 is 6.67. The Labute approximate surface area is 179 Å². The van der Waals surface area contributed by atoms with Gasteiger partial charge in [-0.3, -0.25) is 19.1 Å². The molecule has 7 nitrogen and oxygen atoms in total. The van der Waals surface area contributed by atoms with E-state index in [1.165, 1.54) is 16.3 Å². The number of anilines is 1. The van der Waals surface area contributed by atoms with E-state index < -0.39 is 0 Å². The molecule has 154 valence electrons. The molecule has 0 radical (unpaired) electrons. The summed E-state index contributed by atoms with van der Waals surface area (Å²) in [5.41, 5.74) is 1.03. The molecule has 0 atom stereocenters. The molecule has 0 aliphatic carbocycles. The summed E-state index contributed by atoms with van der Waals surface area (Å²) in [5, 5.41) is 9.53. The van der Waals surface area contributed by atoms with Crippen LogP contribution in [0.15, 0.2) is 9.70 Å². The highest BCUT2D eigenvalue weighted by molar-refractivity contribution is 8.26. The monoisotopic (exact) mass is 432 g/mol. The predicted molar refractivity (Wildman–Crippen MR) is 119 cm³/mol. The molecule has 1 aromatic heterocycles. The second-order valence-electron chi connectivity index (χ2n) is 7.50. The number of hydrogen-bond acceptors (Lipinski definition) is 7. The van der Waals surface area contributed by atoms with Crippen molar-refractivity contribution in [2.24, 2.45) is 13.0 Å². The largest absolute Gasteiger partial charge is 0.378 e. The lowest BCUT2D eigenvalue weighted by molar-refractivity contribution is -0.122. The Morgan fingerprint density at radius 1 is 1.31 bits per heavy atom. The van der Waals surface area contributed by atoms with Crippen LogP contribution in [0.1, 0.15) is 30.5 Å². The van der Waals surface area contributed by atoms with Crippen molar-refractivity contribution in [3.8, 4) is 6.07 Å². The summed E-state index contributed by atoms with van der Waals surface area (Å²) in [5.74, 6) is 0.863. The second kappa shape index (κ2) is 8.69. The minimum Gasteiger partial charge on any atom is -0.378 e. The molecule has 0 bridgehead atoms. The van der Waals surface area contributed by atoms with Crippen molar-refractivity contribution in [3.05, 3.63) is 31.9 Å². The lowest BCUT2D eigenvalue weighted by atomic mass is 10.0. The lowest BCUT2D eigenvalue weighted by Crippen LogP contribution is -2.40. The fourth-order valence-corrected chi connectivity index (χ4v) is 4.78. The molecule has 2 aliphatic heterocycles. The first-order valence-corrected chi connectivity index (χ1v) is 10.7. The van der Waals surface area contributed by atoms with E-state index in [-0.39, 0.29) is 17.0 Å². The topological polar surface area (TPSA) is 78.6 Å². The van der Waals surface area contributed by atoms with Gasteiger partial charge in [-0.1, -0.05) is 37.8 Å².